The van der Waals surface area contributed by atoms with Gasteiger partial charge in [-0.3, -0.25) is 4.79 Å². The van der Waals surface area contributed by atoms with E-state index in [0.717, 1.165) is 17.0 Å². The van der Waals surface area contributed by atoms with Gasteiger partial charge in [-0.25, -0.2) is 0 Å². The van der Waals surface area contributed by atoms with Gasteiger partial charge in [0, 0.05) is 17.5 Å². The van der Waals surface area contributed by atoms with Gasteiger partial charge in [0.05, 0.1) is 7.11 Å². The molecule has 136 valence electrons. The number of anilines is 1. The Hall–Kier alpha value is -2.66. The average molecular weight is 369 g/mol. The van der Waals surface area contributed by atoms with Gasteiger partial charge >= 0.3 is 0 Å². The molecular formula is C21H23NO3S. The summed E-state index contributed by atoms with van der Waals surface area (Å²) in [4.78, 5) is 12.1. The van der Waals surface area contributed by atoms with Crippen LogP contribution in [-0.4, -0.2) is 25.9 Å². The molecule has 5 heteroatoms. The lowest BCUT2D eigenvalue weighted by Gasteiger charge is -2.09. The number of benzene rings is 2. The first-order chi connectivity index (χ1) is 12.7. The third kappa shape index (κ3) is 6.01. The van der Waals surface area contributed by atoms with Gasteiger partial charge in [-0.15, -0.1) is 0 Å². The van der Waals surface area contributed by atoms with Crippen LogP contribution >= 0.6 is 11.8 Å². The monoisotopic (exact) mass is 369 g/mol. The highest BCUT2D eigenvalue weighted by Crippen LogP contribution is 2.28. The number of nitrogens with one attached hydrogen (secondary N) is 1. The first-order valence-corrected chi connectivity index (χ1v) is 9.54. The van der Waals surface area contributed by atoms with Gasteiger partial charge in [-0.2, -0.15) is 11.8 Å². The minimum absolute atomic E-state index is 0.187. The standard InChI is InChI=1S/C21H23NO3S/c1-4-13-25-19-11-7-16(14-20(19)24-2)8-12-21(23)22-18-9-5-17(6-10-18)15-26-3/h4-12,14H,1,13,15H2,2-3H3,(H,22,23)/b12-8+. The van der Waals surface area contributed by atoms with Gasteiger partial charge in [0.1, 0.15) is 6.61 Å². The largest absolute Gasteiger partial charge is 0.493 e. The van der Waals surface area contributed by atoms with Gasteiger partial charge in [0.2, 0.25) is 5.91 Å². The molecule has 2 aromatic carbocycles. The summed E-state index contributed by atoms with van der Waals surface area (Å²) >= 11 is 1.77. The van der Waals surface area contributed by atoms with Crippen molar-refractivity contribution in [2.75, 3.05) is 25.3 Å². The second kappa shape index (κ2) is 10.4. The van der Waals surface area contributed by atoms with Crippen LogP contribution in [0.15, 0.2) is 61.2 Å². The lowest BCUT2D eigenvalue weighted by atomic mass is 10.2. The Morgan fingerprint density at radius 1 is 1.19 bits per heavy atom. The predicted molar refractivity (Wildman–Crippen MR) is 110 cm³/mol. The quantitative estimate of drug-likeness (QED) is 0.511. The summed E-state index contributed by atoms with van der Waals surface area (Å²) in [6, 6.07) is 13.3. The molecule has 0 aliphatic carbocycles. The molecule has 0 saturated carbocycles. The molecule has 0 saturated heterocycles. The van der Waals surface area contributed by atoms with Crippen molar-refractivity contribution in [1.82, 2.24) is 0 Å². The predicted octanol–water partition coefficient (Wildman–Crippen LogP) is 4.77. The molecule has 0 fully saturated rings. The van der Waals surface area contributed by atoms with Crippen molar-refractivity contribution in [3.63, 3.8) is 0 Å². The average Bonchev–Trinajstić information content (AvgIpc) is 2.66. The summed E-state index contributed by atoms with van der Waals surface area (Å²) in [6.45, 7) is 4.03. The highest BCUT2D eigenvalue weighted by molar-refractivity contribution is 7.97. The van der Waals surface area contributed by atoms with Crippen molar-refractivity contribution < 1.29 is 14.3 Å². The zero-order valence-corrected chi connectivity index (χ0v) is 15.8. The van der Waals surface area contributed by atoms with Crippen LogP contribution in [0.3, 0.4) is 0 Å². The van der Waals surface area contributed by atoms with Crippen molar-refractivity contribution in [3.8, 4) is 11.5 Å². The number of carbonyl (C=O) groups excluding carboxylic acids is 1. The fourth-order valence-corrected chi connectivity index (χ4v) is 2.79. The Kier molecular flexibility index (Phi) is 7.83. The molecule has 1 N–H and O–H groups in total. The second-order valence-corrected chi connectivity index (χ2v) is 6.33. The van der Waals surface area contributed by atoms with E-state index < -0.39 is 0 Å². The lowest BCUT2D eigenvalue weighted by Crippen LogP contribution is -2.07. The Balaban J connectivity index is 1.99. The van der Waals surface area contributed by atoms with Crippen molar-refractivity contribution in [2.45, 2.75) is 5.75 Å². The van der Waals surface area contributed by atoms with E-state index in [-0.39, 0.29) is 5.91 Å². The summed E-state index contributed by atoms with van der Waals surface area (Å²) in [5.74, 6) is 2.02. The number of amides is 1. The van der Waals surface area contributed by atoms with E-state index in [4.69, 9.17) is 9.47 Å². The molecular weight excluding hydrogens is 346 g/mol. The van der Waals surface area contributed by atoms with Crippen LogP contribution in [0.2, 0.25) is 0 Å². The topological polar surface area (TPSA) is 47.6 Å². The molecule has 0 spiro atoms. The number of methoxy groups -OCH3 is 1. The molecule has 4 nitrogen and oxygen atoms in total. The zero-order valence-electron chi connectivity index (χ0n) is 15.0. The fourth-order valence-electron chi connectivity index (χ4n) is 2.26. The normalized spacial score (nSPS) is 10.5. The number of hydrogen-bond donors (Lipinski definition) is 1. The van der Waals surface area contributed by atoms with Crippen LogP contribution in [0.5, 0.6) is 11.5 Å². The third-order valence-corrected chi connectivity index (χ3v) is 4.13. The molecule has 0 aliphatic rings. The number of ether oxygens (including phenoxy) is 2. The SMILES string of the molecule is C=CCOc1ccc(/C=C/C(=O)Nc2ccc(CSC)cc2)cc1OC. The molecule has 0 unspecified atom stereocenters. The molecule has 0 aliphatic heterocycles. The Morgan fingerprint density at radius 3 is 2.62 bits per heavy atom. The van der Waals surface area contributed by atoms with E-state index in [0.29, 0.717) is 18.1 Å². The van der Waals surface area contributed by atoms with Gasteiger partial charge < -0.3 is 14.8 Å². The number of rotatable bonds is 9. The smallest absolute Gasteiger partial charge is 0.248 e. The number of carbonyl (C=O) groups is 1. The van der Waals surface area contributed by atoms with Crippen LogP contribution in [0.1, 0.15) is 11.1 Å². The number of thioether (sulfide) groups is 1. The molecule has 2 aromatic rings. The molecule has 0 aromatic heterocycles. The van der Waals surface area contributed by atoms with E-state index in [1.54, 1.807) is 31.0 Å². The van der Waals surface area contributed by atoms with E-state index in [2.05, 4.69) is 18.2 Å². The van der Waals surface area contributed by atoms with Crippen LogP contribution in [0, 0.1) is 0 Å². The zero-order chi connectivity index (χ0) is 18.8. The highest BCUT2D eigenvalue weighted by Gasteiger charge is 2.04. The summed E-state index contributed by atoms with van der Waals surface area (Å²) in [5, 5.41) is 2.85. The molecule has 0 atom stereocenters. The van der Waals surface area contributed by atoms with Crippen molar-refractivity contribution in [3.05, 3.63) is 72.3 Å². The minimum Gasteiger partial charge on any atom is -0.493 e. The third-order valence-electron chi connectivity index (χ3n) is 3.50. The van der Waals surface area contributed by atoms with E-state index >= 15 is 0 Å². The van der Waals surface area contributed by atoms with Crippen LogP contribution in [-0.2, 0) is 10.5 Å². The highest BCUT2D eigenvalue weighted by atomic mass is 32.2. The molecule has 0 radical (unpaired) electrons. The van der Waals surface area contributed by atoms with E-state index in [9.17, 15) is 4.79 Å². The van der Waals surface area contributed by atoms with Gasteiger partial charge in [-0.1, -0.05) is 30.9 Å². The van der Waals surface area contributed by atoms with Crippen LogP contribution in [0.4, 0.5) is 5.69 Å². The minimum atomic E-state index is -0.187. The van der Waals surface area contributed by atoms with E-state index in [1.807, 2.05) is 42.5 Å². The first-order valence-electron chi connectivity index (χ1n) is 8.15. The molecule has 0 heterocycles. The van der Waals surface area contributed by atoms with Crippen molar-refractivity contribution in [2.24, 2.45) is 0 Å². The first kappa shape index (κ1) is 19.7. The number of hydrogen-bond acceptors (Lipinski definition) is 4. The maximum absolute atomic E-state index is 12.1. The van der Waals surface area contributed by atoms with Crippen molar-refractivity contribution in [1.29, 1.82) is 0 Å². The van der Waals surface area contributed by atoms with Crippen molar-refractivity contribution >= 4 is 29.4 Å². The summed E-state index contributed by atoms with van der Waals surface area (Å²) in [7, 11) is 1.58. The fraction of sp³-hybridized carbons (Fsp3) is 0.190. The molecule has 2 rings (SSSR count). The lowest BCUT2D eigenvalue weighted by molar-refractivity contribution is -0.111. The second-order valence-electron chi connectivity index (χ2n) is 5.46. The Labute approximate surface area is 158 Å². The Bertz CT molecular complexity index is 769. The van der Waals surface area contributed by atoms with Gasteiger partial charge in [0.15, 0.2) is 11.5 Å². The molecule has 1 amide bonds. The summed E-state index contributed by atoms with van der Waals surface area (Å²) in [5.41, 5.74) is 2.85. The van der Waals surface area contributed by atoms with Gasteiger partial charge in [-0.05, 0) is 47.7 Å². The summed E-state index contributed by atoms with van der Waals surface area (Å²) < 4.78 is 10.8. The molecule has 0 bridgehead atoms. The summed E-state index contributed by atoms with van der Waals surface area (Å²) in [6.07, 6.45) is 6.96. The van der Waals surface area contributed by atoms with Gasteiger partial charge in [0.25, 0.3) is 0 Å². The molecule has 26 heavy (non-hydrogen) atoms. The van der Waals surface area contributed by atoms with Crippen LogP contribution in [0.25, 0.3) is 6.08 Å². The maximum atomic E-state index is 12.1. The van der Waals surface area contributed by atoms with E-state index in [1.165, 1.54) is 11.6 Å². The van der Waals surface area contributed by atoms with Crippen LogP contribution < -0.4 is 14.8 Å². The Morgan fingerprint density at radius 2 is 1.96 bits per heavy atom. The maximum Gasteiger partial charge on any atom is 0.248 e.